The van der Waals surface area contributed by atoms with E-state index in [1.807, 2.05) is 27.7 Å². The summed E-state index contributed by atoms with van der Waals surface area (Å²) < 4.78 is 44.0. The van der Waals surface area contributed by atoms with Crippen molar-refractivity contribution in [1.29, 1.82) is 0 Å². The zero-order valence-electron chi connectivity index (χ0n) is 14.1. The van der Waals surface area contributed by atoms with Crippen LogP contribution in [0.5, 0.6) is 5.75 Å². The normalized spacial score (nSPS) is 22.7. The zero-order valence-corrected chi connectivity index (χ0v) is 14.1. The smallest absolute Gasteiger partial charge is 0.494 e. The topological polar surface area (TPSA) is 27.7 Å². The molecule has 0 unspecified atom stereocenters. The average molecular weight is 324 g/mol. The molecule has 1 saturated heterocycles. The summed E-state index contributed by atoms with van der Waals surface area (Å²) in [5.74, 6) is 1.15. The highest BCUT2D eigenvalue weighted by Gasteiger charge is 2.52. The van der Waals surface area contributed by atoms with Crippen molar-refractivity contribution in [3.05, 3.63) is 23.8 Å². The molecule has 1 aromatic carbocycles. The molecule has 1 aliphatic heterocycles. The van der Waals surface area contributed by atoms with Crippen LogP contribution >= 0.6 is 0 Å². The summed E-state index contributed by atoms with van der Waals surface area (Å²) in [6.45, 7) is 8.37. The van der Waals surface area contributed by atoms with E-state index in [2.05, 4.69) is 0 Å². The maximum atomic E-state index is 13.1. The Morgan fingerprint density at radius 2 is 1.78 bits per heavy atom. The number of rotatable bonds is 5. The van der Waals surface area contributed by atoms with Crippen molar-refractivity contribution in [2.24, 2.45) is 5.92 Å². The first kappa shape index (κ1) is 16.7. The van der Waals surface area contributed by atoms with E-state index in [1.165, 1.54) is 25.0 Å². The highest BCUT2D eigenvalue weighted by molar-refractivity contribution is 6.63. The summed E-state index contributed by atoms with van der Waals surface area (Å²) in [5.41, 5.74) is -0.547. The lowest BCUT2D eigenvalue weighted by Crippen LogP contribution is -2.41. The SMILES string of the molecule is CC1(C)OB(c2cc(C(F)F)ccc2OCC2CC2)OC1(C)C. The van der Waals surface area contributed by atoms with Gasteiger partial charge in [-0.1, -0.05) is 0 Å². The Kier molecular flexibility index (Phi) is 4.17. The van der Waals surface area contributed by atoms with Crippen molar-refractivity contribution in [3.8, 4) is 5.75 Å². The average Bonchev–Trinajstić information content (AvgIpc) is 3.24. The van der Waals surface area contributed by atoms with Gasteiger partial charge in [0.25, 0.3) is 6.43 Å². The molecular weight excluding hydrogens is 301 g/mol. The predicted molar refractivity (Wildman–Crippen MR) is 85.3 cm³/mol. The highest BCUT2D eigenvalue weighted by atomic mass is 19.3. The molecule has 1 aromatic rings. The van der Waals surface area contributed by atoms with E-state index in [1.54, 1.807) is 6.07 Å². The van der Waals surface area contributed by atoms with Crippen LogP contribution in [0.3, 0.4) is 0 Å². The monoisotopic (exact) mass is 324 g/mol. The number of benzene rings is 1. The zero-order chi connectivity index (χ0) is 16.8. The maximum absolute atomic E-state index is 13.1. The summed E-state index contributed by atoms with van der Waals surface area (Å²) >= 11 is 0. The summed E-state index contributed by atoms with van der Waals surface area (Å²) in [6.07, 6.45) is -0.198. The number of ether oxygens (including phenoxy) is 1. The first-order valence-electron chi connectivity index (χ1n) is 8.10. The number of halogens is 2. The summed E-state index contributed by atoms with van der Waals surface area (Å²) in [5, 5.41) is 0. The van der Waals surface area contributed by atoms with Gasteiger partial charge in [0.15, 0.2) is 0 Å². The Hall–Kier alpha value is -1.14. The Bertz CT molecular complexity index is 569. The fraction of sp³-hybridized carbons (Fsp3) is 0.647. The van der Waals surface area contributed by atoms with Gasteiger partial charge >= 0.3 is 7.12 Å². The van der Waals surface area contributed by atoms with Crippen molar-refractivity contribution in [3.63, 3.8) is 0 Å². The molecule has 23 heavy (non-hydrogen) atoms. The molecule has 0 atom stereocenters. The van der Waals surface area contributed by atoms with Gasteiger partial charge in [0.05, 0.1) is 17.8 Å². The molecule has 0 N–H and O–H groups in total. The molecule has 126 valence electrons. The molecule has 0 radical (unpaired) electrons. The van der Waals surface area contributed by atoms with Crippen molar-refractivity contribution in [1.82, 2.24) is 0 Å². The quantitative estimate of drug-likeness (QED) is 0.773. The molecule has 2 fully saturated rings. The van der Waals surface area contributed by atoms with E-state index < -0.39 is 24.7 Å². The van der Waals surface area contributed by atoms with Gasteiger partial charge in [-0.3, -0.25) is 0 Å². The van der Waals surface area contributed by atoms with Crippen LogP contribution in [0.1, 0.15) is 52.5 Å². The van der Waals surface area contributed by atoms with E-state index in [0.717, 1.165) is 0 Å². The molecule has 0 bridgehead atoms. The lowest BCUT2D eigenvalue weighted by molar-refractivity contribution is 0.00578. The second-order valence-corrected chi connectivity index (χ2v) is 7.44. The first-order valence-corrected chi connectivity index (χ1v) is 8.10. The standard InChI is InChI=1S/C17H23BF2O3/c1-16(2)17(3,4)23-18(22-16)13-9-12(15(19)20)7-8-14(13)21-10-11-5-6-11/h7-9,11,15H,5-6,10H2,1-4H3. The third-order valence-electron chi connectivity index (χ3n) is 4.96. The van der Waals surface area contributed by atoms with Gasteiger partial charge in [-0.15, -0.1) is 0 Å². The van der Waals surface area contributed by atoms with E-state index >= 15 is 0 Å². The largest absolute Gasteiger partial charge is 0.498 e. The van der Waals surface area contributed by atoms with Gasteiger partial charge in [0.2, 0.25) is 0 Å². The molecule has 0 aromatic heterocycles. The van der Waals surface area contributed by atoms with Crippen LogP contribution in [-0.4, -0.2) is 24.9 Å². The van der Waals surface area contributed by atoms with Crippen LogP contribution in [0.4, 0.5) is 8.78 Å². The maximum Gasteiger partial charge on any atom is 0.498 e. The summed E-state index contributed by atoms with van der Waals surface area (Å²) in [6, 6.07) is 4.45. The van der Waals surface area contributed by atoms with Crippen LogP contribution in [-0.2, 0) is 9.31 Å². The van der Waals surface area contributed by atoms with Gasteiger partial charge in [-0.2, -0.15) is 0 Å². The minimum atomic E-state index is -2.53. The van der Waals surface area contributed by atoms with Crippen molar-refractivity contribution >= 4 is 12.6 Å². The first-order chi connectivity index (χ1) is 10.7. The molecular formula is C17H23BF2O3. The summed E-state index contributed by atoms with van der Waals surface area (Å²) in [4.78, 5) is 0. The predicted octanol–water partition coefficient (Wildman–Crippen LogP) is 3.71. The Labute approximate surface area is 136 Å². The van der Waals surface area contributed by atoms with Gasteiger partial charge in [-0.25, -0.2) is 8.78 Å². The third kappa shape index (κ3) is 3.38. The Morgan fingerprint density at radius 1 is 1.17 bits per heavy atom. The Morgan fingerprint density at radius 3 is 2.30 bits per heavy atom. The molecule has 1 aliphatic carbocycles. The summed E-state index contributed by atoms with van der Waals surface area (Å²) in [7, 11) is -0.701. The molecule has 6 heteroatoms. The highest BCUT2D eigenvalue weighted by Crippen LogP contribution is 2.38. The van der Waals surface area contributed by atoms with Crippen LogP contribution in [0, 0.1) is 5.92 Å². The van der Waals surface area contributed by atoms with Gasteiger partial charge in [0, 0.05) is 11.0 Å². The van der Waals surface area contributed by atoms with Crippen LogP contribution in [0.25, 0.3) is 0 Å². The van der Waals surface area contributed by atoms with Gasteiger partial charge in [0.1, 0.15) is 5.75 Å². The number of hydrogen-bond donors (Lipinski definition) is 0. The molecule has 3 nitrogen and oxygen atoms in total. The molecule has 1 saturated carbocycles. The molecule has 1 heterocycles. The van der Waals surface area contributed by atoms with Gasteiger partial charge in [-0.05, 0) is 64.7 Å². The Balaban J connectivity index is 1.89. The molecule has 2 aliphatic rings. The van der Waals surface area contributed by atoms with E-state index in [-0.39, 0.29) is 5.56 Å². The second-order valence-electron chi connectivity index (χ2n) is 7.44. The minimum absolute atomic E-state index is 0.0477. The van der Waals surface area contributed by atoms with Crippen LogP contribution in [0.15, 0.2) is 18.2 Å². The van der Waals surface area contributed by atoms with Gasteiger partial charge < -0.3 is 14.0 Å². The third-order valence-corrected chi connectivity index (χ3v) is 4.96. The number of hydrogen-bond acceptors (Lipinski definition) is 3. The lowest BCUT2D eigenvalue weighted by atomic mass is 9.77. The molecule has 0 amide bonds. The molecule has 3 rings (SSSR count). The lowest BCUT2D eigenvalue weighted by Gasteiger charge is -2.32. The van der Waals surface area contributed by atoms with Crippen LogP contribution < -0.4 is 10.2 Å². The fourth-order valence-electron chi connectivity index (χ4n) is 2.48. The minimum Gasteiger partial charge on any atom is -0.494 e. The van der Waals surface area contributed by atoms with E-state index in [0.29, 0.717) is 23.7 Å². The fourth-order valence-corrected chi connectivity index (χ4v) is 2.48. The van der Waals surface area contributed by atoms with Crippen molar-refractivity contribution in [2.45, 2.75) is 58.2 Å². The van der Waals surface area contributed by atoms with Crippen LogP contribution in [0.2, 0.25) is 0 Å². The van der Waals surface area contributed by atoms with Crippen molar-refractivity contribution < 1.29 is 22.8 Å². The molecule has 0 spiro atoms. The van der Waals surface area contributed by atoms with E-state index in [9.17, 15) is 8.78 Å². The second kappa shape index (κ2) is 5.74. The number of alkyl halides is 2. The van der Waals surface area contributed by atoms with Crippen molar-refractivity contribution in [2.75, 3.05) is 6.61 Å². The van der Waals surface area contributed by atoms with E-state index in [4.69, 9.17) is 14.0 Å².